The zero-order valence-electron chi connectivity index (χ0n) is 17.4. The van der Waals surface area contributed by atoms with Crippen LogP contribution in [0.15, 0.2) is 18.2 Å². The predicted octanol–water partition coefficient (Wildman–Crippen LogP) is 3.52. The highest BCUT2D eigenvalue weighted by Crippen LogP contribution is 2.52. The molecule has 2 aromatic rings. The maximum atomic E-state index is 12.8. The Morgan fingerprint density at radius 3 is 2.55 bits per heavy atom. The van der Waals surface area contributed by atoms with Crippen LogP contribution in [-0.4, -0.2) is 45.4 Å². The lowest BCUT2D eigenvalue weighted by molar-refractivity contribution is -0.124. The van der Waals surface area contributed by atoms with E-state index < -0.39 is 5.60 Å². The van der Waals surface area contributed by atoms with Gasteiger partial charge in [-0.15, -0.1) is 0 Å². The summed E-state index contributed by atoms with van der Waals surface area (Å²) in [7, 11) is 1.85. The number of fused-ring (bicyclic) bond motifs is 2. The molecule has 2 fully saturated rings. The fourth-order valence-electron chi connectivity index (χ4n) is 4.41. The standard InChI is InChI=1S/C21H27ClN4O3/c1-11(17-12-7-6-8-15(22)18(12)25(5)24-17)23-19(27)16-13-9-26(10-14(13)16)20(28)29-21(2,3)4/h6-8,11,13-14,16H,9-10H2,1-5H3,(H,23,27)/t11?,13-,14+,16+. The molecule has 1 N–H and O–H groups in total. The largest absolute Gasteiger partial charge is 0.444 e. The van der Waals surface area contributed by atoms with E-state index in [9.17, 15) is 9.59 Å². The van der Waals surface area contributed by atoms with E-state index in [0.717, 1.165) is 16.6 Å². The lowest BCUT2D eigenvalue weighted by Gasteiger charge is -2.26. The molecular weight excluding hydrogens is 392 g/mol. The molecule has 1 aromatic heterocycles. The van der Waals surface area contributed by atoms with Crippen LogP contribution >= 0.6 is 11.6 Å². The number of likely N-dealkylation sites (tertiary alicyclic amines) is 1. The molecule has 4 atom stereocenters. The molecule has 1 saturated carbocycles. The van der Waals surface area contributed by atoms with Gasteiger partial charge in [0.2, 0.25) is 5.91 Å². The molecule has 0 spiro atoms. The summed E-state index contributed by atoms with van der Waals surface area (Å²) in [6.07, 6.45) is -0.297. The van der Waals surface area contributed by atoms with Crippen LogP contribution in [-0.2, 0) is 16.6 Å². The number of carbonyl (C=O) groups excluding carboxylic acids is 2. The topological polar surface area (TPSA) is 76.5 Å². The Balaban J connectivity index is 1.38. The van der Waals surface area contributed by atoms with Gasteiger partial charge in [0.25, 0.3) is 0 Å². The molecule has 1 aliphatic carbocycles. The van der Waals surface area contributed by atoms with Gasteiger partial charge in [-0.2, -0.15) is 5.10 Å². The first-order valence-electron chi connectivity index (χ1n) is 9.96. The van der Waals surface area contributed by atoms with E-state index in [2.05, 4.69) is 10.4 Å². The van der Waals surface area contributed by atoms with Crippen LogP contribution < -0.4 is 5.32 Å². The van der Waals surface area contributed by atoms with Crippen molar-refractivity contribution in [3.05, 3.63) is 28.9 Å². The van der Waals surface area contributed by atoms with Crippen LogP contribution in [0.25, 0.3) is 10.9 Å². The van der Waals surface area contributed by atoms with Gasteiger partial charge < -0.3 is 15.0 Å². The predicted molar refractivity (Wildman–Crippen MR) is 111 cm³/mol. The van der Waals surface area contributed by atoms with E-state index in [1.165, 1.54) is 0 Å². The van der Waals surface area contributed by atoms with Crippen LogP contribution in [0, 0.1) is 17.8 Å². The van der Waals surface area contributed by atoms with E-state index >= 15 is 0 Å². The number of carbonyl (C=O) groups is 2. The number of aromatic nitrogens is 2. The van der Waals surface area contributed by atoms with E-state index in [4.69, 9.17) is 16.3 Å². The Labute approximate surface area is 175 Å². The second kappa shape index (κ2) is 6.90. The molecule has 2 amide bonds. The van der Waals surface area contributed by atoms with Crippen LogP contribution in [0.2, 0.25) is 5.02 Å². The molecule has 4 rings (SSSR count). The summed E-state index contributed by atoms with van der Waals surface area (Å²) in [6.45, 7) is 8.66. The first kappa shape index (κ1) is 20.0. The molecule has 1 unspecified atom stereocenters. The maximum Gasteiger partial charge on any atom is 0.410 e. The molecule has 2 aliphatic rings. The smallest absolute Gasteiger partial charge is 0.410 e. The average molecular weight is 419 g/mol. The summed E-state index contributed by atoms with van der Waals surface area (Å²) in [6, 6.07) is 5.46. The second-order valence-electron chi connectivity index (χ2n) is 9.11. The highest BCUT2D eigenvalue weighted by Gasteiger charge is 2.60. The minimum atomic E-state index is -0.509. The number of amides is 2. The van der Waals surface area contributed by atoms with Crippen molar-refractivity contribution in [1.29, 1.82) is 0 Å². The number of benzene rings is 1. The van der Waals surface area contributed by atoms with Crippen LogP contribution in [0.4, 0.5) is 4.79 Å². The SMILES string of the molecule is CC(NC(=O)[C@H]1[C@@H]2CN(C(=O)OC(C)(C)C)C[C@@H]21)c1nn(C)c2c(Cl)cccc12. The highest BCUT2D eigenvalue weighted by atomic mass is 35.5. The summed E-state index contributed by atoms with van der Waals surface area (Å²) in [4.78, 5) is 26.7. The number of hydrogen-bond donors (Lipinski definition) is 1. The third-order valence-corrected chi connectivity index (χ3v) is 6.07. The molecule has 1 aromatic carbocycles. The van der Waals surface area contributed by atoms with Gasteiger partial charge in [0.05, 0.1) is 22.3 Å². The van der Waals surface area contributed by atoms with Crippen LogP contribution in [0.3, 0.4) is 0 Å². The van der Waals surface area contributed by atoms with Crippen molar-refractivity contribution >= 4 is 34.5 Å². The molecular formula is C21H27ClN4O3. The Kier molecular flexibility index (Phi) is 4.76. The number of aryl methyl sites for hydroxylation is 1. The van der Waals surface area contributed by atoms with Crippen molar-refractivity contribution in [3.8, 4) is 0 Å². The van der Waals surface area contributed by atoms with Crippen molar-refractivity contribution in [2.45, 2.75) is 39.3 Å². The number of rotatable bonds is 3. The van der Waals surface area contributed by atoms with Gasteiger partial charge in [-0.05, 0) is 45.6 Å². The number of hydrogen-bond acceptors (Lipinski definition) is 4. The lowest BCUT2D eigenvalue weighted by Crippen LogP contribution is -2.39. The number of ether oxygens (including phenoxy) is 1. The Bertz CT molecular complexity index is 968. The molecule has 0 bridgehead atoms. The summed E-state index contributed by atoms with van der Waals surface area (Å²) < 4.78 is 7.18. The average Bonchev–Trinajstić information content (AvgIpc) is 2.95. The third kappa shape index (κ3) is 3.68. The molecule has 7 nitrogen and oxygen atoms in total. The lowest BCUT2D eigenvalue weighted by atomic mass is 10.1. The third-order valence-electron chi connectivity index (χ3n) is 5.76. The first-order chi connectivity index (χ1) is 13.6. The van der Waals surface area contributed by atoms with Gasteiger partial charge in [0.1, 0.15) is 5.60 Å². The number of piperidine rings is 1. The van der Waals surface area contributed by atoms with Crippen LogP contribution in [0.5, 0.6) is 0 Å². The molecule has 1 aliphatic heterocycles. The van der Waals surface area contributed by atoms with Crippen molar-refractivity contribution < 1.29 is 14.3 Å². The van der Waals surface area contributed by atoms with Gasteiger partial charge in [0.15, 0.2) is 0 Å². The summed E-state index contributed by atoms with van der Waals surface area (Å²) in [5.41, 5.74) is 1.16. The minimum Gasteiger partial charge on any atom is -0.444 e. The molecule has 8 heteroatoms. The van der Waals surface area contributed by atoms with Gasteiger partial charge in [-0.1, -0.05) is 23.7 Å². The molecule has 2 heterocycles. The summed E-state index contributed by atoms with van der Waals surface area (Å²) in [5, 5.41) is 9.26. The Morgan fingerprint density at radius 1 is 1.28 bits per heavy atom. The molecule has 1 saturated heterocycles. The fraction of sp³-hybridized carbons (Fsp3) is 0.571. The number of nitrogens with zero attached hydrogens (tertiary/aromatic N) is 3. The van der Waals surface area contributed by atoms with Crippen molar-refractivity contribution in [3.63, 3.8) is 0 Å². The Hall–Kier alpha value is -2.28. The van der Waals surface area contributed by atoms with Crippen molar-refractivity contribution in [2.24, 2.45) is 24.8 Å². The fourth-order valence-corrected chi connectivity index (χ4v) is 4.70. The van der Waals surface area contributed by atoms with E-state index in [-0.39, 0.29) is 35.8 Å². The second-order valence-corrected chi connectivity index (χ2v) is 9.52. The Morgan fingerprint density at radius 2 is 1.93 bits per heavy atom. The zero-order chi connectivity index (χ0) is 21.1. The van der Waals surface area contributed by atoms with Crippen molar-refractivity contribution in [1.82, 2.24) is 20.0 Å². The monoisotopic (exact) mass is 418 g/mol. The number of para-hydroxylation sites is 1. The molecule has 156 valence electrons. The minimum absolute atomic E-state index is 0.0252. The van der Waals surface area contributed by atoms with Crippen LogP contribution in [0.1, 0.15) is 39.4 Å². The van der Waals surface area contributed by atoms with E-state index in [1.807, 2.05) is 52.9 Å². The summed E-state index contributed by atoms with van der Waals surface area (Å²) >= 11 is 6.30. The molecule has 0 radical (unpaired) electrons. The number of nitrogens with one attached hydrogen (secondary N) is 1. The van der Waals surface area contributed by atoms with Gasteiger partial charge in [0, 0.05) is 31.4 Å². The van der Waals surface area contributed by atoms with E-state index in [0.29, 0.717) is 18.1 Å². The normalized spacial score (nSPS) is 24.3. The molecule has 29 heavy (non-hydrogen) atoms. The quantitative estimate of drug-likeness (QED) is 0.827. The highest BCUT2D eigenvalue weighted by molar-refractivity contribution is 6.35. The van der Waals surface area contributed by atoms with Gasteiger partial charge in [-0.3, -0.25) is 9.48 Å². The maximum absolute atomic E-state index is 12.8. The zero-order valence-corrected chi connectivity index (χ0v) is 18.2. The van der Waals surface area contributed by atoms with E-state index in [1.54, 1.807) is 9.58 Å². The van der Waals surface area contributed by atoms with Gasteiger partial charge in [-0.25, -0.2) is 4.79 Å². The van der Waals surface area contributed by atoms with Crippen molar-refractivity contribution in [2.75, 3.05) is 13.1 Å². The number of halogens is 1. The van der Waals surface area contributed by atoms with Gasteiger partial charge >= 0.3 is 6.09 Å². The summed E-state index contributed by atoms with van der Waals surface area (Å²) in [5.74, 6) is 0.404. The first-order valence-corrected chi connectivity index (χ1v) is 10.3.